The Hall–Kier alpha value is -2.93. The van der Waals surface area contributed by atoms with Gasteiger partial charge in [0.05, 0.1) is 18.0 Å². The lowest BCUT2D eigenvalue weighted by atomic mass is 10.1. The van der Waals surface area contributed by atoms with E-state index in [4.69, 9.17) is 17.0 Å². The fourth-order valence-electron chi connectivity index (χ4n) is 2.82. The first kappa shape index (κ1) is 17.9. The van der Waals surface area contributed by atoms with Gasteiger partial charge in [0.25, 0.3) is 11.5 Å². The van der Waals surface area contributed by atoms with Crippen molar-refractivity contribution in [1.82, 2.24) is 14.5 Å². The highest BCUT2D eigenvalue weighted by atomic mass is 32.1. The van der Waals surface area contributed by atoms with Gasteiger partial charge in [-0.05, 0) is 36.5 Å². The SMILES string of the molecule is COc1ccccc1CN(C)C(=O)c1ccc2c(=O)n(C)c(=S)[nH]c2c1. The number of nitrogens with one attached hydrogen (secondary N) is 1. The number of carbonyl (C=O) groups excluding carboxylic acids is 1. The Morgan fingerprint density at radius 3 is 2.73 bits per heavy atom. The average Bonchev–Trinajstić information content (AvgIpc) is 2.65. The van der Waals surface area contributed by atoms with E-state index in [1.54, 1.807) is 44.3 Å². The third kappa shape index (κ3) is 3.25. The number of fused-ring (bicyclic) bond motifs is 1. The van der Waals surface area contributed by atoms with Crippen molar-refractivity contribution in [3.05, 3.63) is 68.7 Å². The van der Waals surface area contributed by atoms with E-state index >= 15 is 0 Å². The van der Waals surface area contributed by atoms with Gasteiger partial charge in [0.15, 0.2) is 4.77 Å². The standard InChI is InChI=1S/C19H19N3O3S/c1-21(11-13-6-4-5-7-16(13)25-3)17(23)12-8-9-14-15(10-12)20-19(26)22(2)18(14)24/h4-10H,11H2,1-3H3,(H,20,26). The number of aromatic amines is 1. The number of carbonyl (C=O) groups is 1. The van der Waals surface area contributed by atoms with E-state index in [2.05, 4.69) is 4.98 Å². The molecule has 6 nitrogen and oxygen atoms in total. The number of nitrogens with zero attached hydrogens (tertiary/aromatic N) is 2. The number of H-pyrrole nitrogens is 1. The number of ether oxygens (including phenoxy) is 1. The summed E-state index contributed by atoms with van der Waals surface area (Å²) in [4.78, 5) is 29.6. The van der Waals surface area contributed by atoms with Crippen molar-refractivity contribution in [2.24, 2.45) is 7.05 Å². The first-order chi connectivity index (χ1) is 12.4. The molecule has 0 aliphatic heterocycles. The number of para-hydroxylation sites is 1. The molecule has 0 fully saturated rings. The summed E-state index contributed by atoms with van der Waals surface area (Å²) in [6.45, 7) is 0.410. The van der Waals surface area contributed by atoms with Crippen molar-refractivity contribution < 1.29 is 9.53 Å². The van der Waals surface area contributed by atoms with Gasteiger partial charge in [0.1, 0.15) is 5.75 Å². The number of aromatic nitrogens is 2. The average molecular weight is 369 g/mol. The normalized spacial score (nSPS) is 10.7. The summed E-state index contributed by atoms with van der Waals surface area (Å²) in [7, 11) is 4.94. The molecular weight excluding hydrogens is 350 g/mol. The summed E-state index contributed by atoms with van der Waals surface area (Å²) < 4.78 is 7.02. The van der Waals surface area contributed by atoms with Gasteiger partial charge in [-0.3, -0.25) is 14.2 Å². The number of amides is 1. The Labute approximate surface area is 155 Å². The quantitative estimate of drug-likeness (QED) is 0.718. The highest BCUT2D eigenvalue weighted by Crippen LogP contribution is 2.20. The Balaban J connectivity index is 1.93. The van der Waals surface area contributed by atoms with Crippen LogP contribution in [0.1, 0.15) is 15.9 Å². The van der Waals surface area contributed by atoms with Crippen LogP contribution in [0.3, 0.4) is 0 Å². The molecule has 1 heterocycles. The number of rotatable bonds is 4. The summed E-state index contributed by atoms with van der Waals surface area (Å²) >= 11 is 5.14. The van der Waals surface area contributed by atoms with Crippen LogP contribution in [0.25, 0.3) is 10.9 Å². The van der Waals surface area contributed by atoms with Crippen LogP contribution in [0.15, 0.2) is 47.3 Å². The Morgan fingerprint density at radius 2 is 2.00 bits per heavy atom. The highest BCUT2D eigenvalue weighted by Gasteiger charge is 2.15. The maximum atomic E-state index is 12.8. The third-order valence-corrected chi connectivity index (χ3v) is 4.67. The highest BCUT2D eigenvalue weighted by molar-refractivity contribution is 7.71. The van der Waals surface area contributed by atoms with Gasteiger partial charge < -0.3 is 14.6 Å². The molecule has 3 rings (SSSR count). The summed E-state index contributed by atoms with van der Waals surface area (Å²) in [5.41, 5.74) is 1.76. The molecule has 3 aromatic rings. The summed E-state index contributed by atoms with van der Waals surface area (Å²) in [6.07, 6.45) is 0. The van der Waals surface area contributed by atoms with E-state index < -0.39 is 0 Å². The molecule has 0 saturated heterocycles. The molecule has 0 saturated carbocycles. The molecule has 2 aromatic carbocycles. The van der Waals surface area contributed by atoms with Crippen LogP contribution in [0, 0.1) is 4.77 Å². The fourth-order valence-corrected chi connectivity index (χ4v) is 3.01. The minimum Gasteiger partial charge on any atom is -0.496 e. The van der Waals surface area contributed by atoms with Crippen LogP contribution in [0.5, 0.6) is 5.75 Å². The minimum atomic E-state index is -0.190. The molecular formula is C19H19N3O3S. The summed E-state index contributed by atoms with van der Waals surface area (Å²) in [5, 5.41) is 0.491. The topological polar surface area (TPSA) is 67.3 Å². The zero-order chi connectivity index (χ0) is 18.8. The van der Waals surface area contributed by atoms with Gasteiger partial charge in [0, 0.05) is 31.8 Å². The van der Waals surface area contributed by atoms with Gasteiger partial charge in [0.2, 0.25) is 0 Å². The van der Waals surface area contributed by atoms with E-state index in [0.29, 0.717) is 27.8 Å². The van der Waals surface area contributed by atoms with Crippen molar-refractivity contribution in [2.45, 2.75) is 6.54 Å². The zero-order valence-electron chi connectivity index (χ0n) is 14.8. The lowest BCUT2D eigenvalue weighted by Gasteiger charge is -2.19. The molecule has 1 amide bonds. The van der Waals surface area contributed by atoms with E-state index in [1.165, 1.54) is 4.57 Å². The van der Waals surface area contributed by atoms with E-state index in [9.17, 15) is 9.59 Å². The number of benzene rings is 2. The molecule has 7 heteroatoms. The van der Waals surface area contributed by atoms with Crippen LogP contribution in [-0.2, 0) is 13.6 Å². The molecule has 26 heavy (non-hydrogen) atoms. The number of hydrogen-bond donors (Lipinski definition) is 1. The van der Waals surface area contributed by atoms with Crippen molar-refractivity contribution in [1.29, 1.82) is 0 Å². The molecule has 0 aliphatic carbocycles. The van der Waals surface area contributed by atoms with Crippen LogP contribution in [-0.4, -0.2) is 34.5 Å². The maximum Gasteiger partial charge on any atom is 0.261 e. The van der Waals surface area contributed by atoms with E-state index in [-0.39, 0.29) is 11.5 Å². The first-order valence-electron chi connectivity index (χ1n) is 8.03. The molecule has 0 spiro atoms. The van der Waals surface area contributed by atoms with Gasteiger partial charge in [-0.2, -0.15) is 0 Å². The smallest absolute Gasteiger partial charge is 0.261 e. The van der Waals surface area contributed by atoms with Gasteiger partial charge >= 0.3 is 0 Å². The molecule has 0 radical (unpaired) electrons. The predicted molar refractivity (Wildman–Crippen MR) is 103 cm³/mol. The van der Waals surface area contributed by atoms with E-state index in [1.807, 2.05) is 24.3 Å². The fraction of sp³-hybridized carbons (Fsp3) is 0.211. The number of hydrogen-bond acceptors (Lipinski definition) is 4. The van der Waals surface area contributed by atoms with Crippen molar-refractivity contribution >= 4 is 29.0 Å². The third-order valence-electron chi connectivity index (χ3n) is 4.29. The molecule has 1 N–H and O–H groups in total. The second kappa shape index (κ2) is 7.13. The van der Waals surface area contributed by atoms with Crippen LogP contribution in [0.4, 0.5) is 0 Å². The Bertz CT molecular complexity index is 1100. The first-order valence-corrected chi connectivity index (χ1v) is 8.43. The van der Waals surface area contributed by atoms with Gasteiger partial charge in [-0.1, -0.05) is 18.2 Å². The predicted octanol–water partition coefficient (Wildman–Crippen LogP) is 2.88. The Morgan fingerprint density at radius 1 is 1.27 bits per heavy atom. The van der Waals surface area contributed by atoms with E-state index in [0.717, 1.165) is 11.3 Å². The van der Waals surface area contributed by atoms with Crippen molar-refractivity contribution in [2.75, 3.05) is 14.2 Å². The molecule has 1 aromatic heterocycles. The zero-order valence-corrected chi connectivity index (χ0v) is 15.6. The molecule has 0 atom stereocenters. The molecule has 0 aliphatic rings. The van der Waals surface area contributed by atoms with Crippen molar-refractivity contribution in [3.63, 3.8) is 0 Å². The summed E-state index contributed by atoms with van der Waals surface area (Å²) in [5.74, 6) is 0.580. The van der Waals surface area contributed by atoms with Crippen molar-refractivity contribution in [3.8, 4) is 5.75 Å². The summed E-state index contributed by atoms with van der Waals surface area (Å²) in [6, 6.07) is 12.5. The molecule has 0 unspecified atom stereocenters. The second-order valence-corrected chi connectivity index (χ2v) is 6.41. The van der Waals surface area contributed by atoms with Crippen LogP contribution in [0.2, 0.25) is 0 Å². The van der Waals surface area contributed by atoms with Gasteiger partial charge in [-0.15, -0.1) is 0 Å². The maximum absolute atomic E-state index is 12.8. The minimum absolute atomic E-state index is 0.155. The van der Waals surface area contributed by atoms with Crippen LogP contribution >= 0.6 is 12.2 Å². The second-order valence-electron chi connectivity index (χ2n) is 6.03. The molecule has 134 valence electrons. The van der Waals surface area contributed by atoms with Gasteiger partial charge in [-0.25, -0.2) is 0 Å². The van der Waals surface area contributed by atoms with Crippen LogP contribution < -0.4 is 10.3 Å². The monoisotopic (exact) mass is 369 g/mol. The largest absolute Gasteiger partial charge is 0.496 e. The molecule has 0 bridgehead atoms. The Kier molecular flexibility index (Phi) is 4.90. The lowest BCUT2D eigenvalue weighted by Crippen LogP contribution is -2.26. The number of methoxy groups -OCH3 is 1. The lowest BCUT2D eigenvalue weighted by molar-refractivity contribution is 0.0784.